The van der Waals surface area contributed by atoms with Gasteiger partial charge < -0.3 is 20.8 Å². The molecule has 0 aliphatic heterocycles. The minimum atomic E-state index is -0.909. The number of carbonyl (C=O) groups is 2. The molecule has 0 fully saturated rings. The molecule has 4 N–H and O–H groups in total. The van der Waals surface area contributed by atoms with Crippen molar-refractivity contribution < 1.29 is 19.8 Å². The van der Waals surface area contributed by atoms with Crippen LogP contribution in [0.4, 0.5) is 4.79 Å². The van der Waals surface area contributed by atoms with Gasteiger partial charge in [0.25, 0.3) is 0 Å². The number of carbonyl (C=O) groups excluding carboxylic acids is 1. The van der Waals surface area contributed by atoms with Crippen molar-refractivity contribution in [3.63, 3.8) is 0 Å². The quantitative estimate of drug-likeness (QED) is 0.554. The van der Waals surface area contributed by atoms with Gasteiger partial charge in [0.1, 0.15) is 6.10 Å². The van der Waals surface area contributed by atoms with Gasteiger partial charge in [0, 0.05) is 13.0 Å². The van der Waals surface area contributed by atoms with Crippen LogP contribution < -0.4 is 10.6 Å². The zero-order chi connectivity index (χ0) is 18.1. The molecule has 0 radical (unpaired) electrons. The molecule has 0 saturated carbocycles. The standard InChI is InChI=1S/C19H22N2O4/c22-16(23)12-7-13-20-19(25)21-17(14-8-3-1-4-9-14)18(24)15-10-5-2-6-11-15/h1-6,8-11,17-18,24H,7,12-13H2,(H,22,23)(H2,20,21,25)/t17-,18+/m0/s1. The monoisotopic (exact) mass is 342 g/mol. The smallest absolute Gasteiger partial charge is 0.315 e. The third-order valence-corrected chi connectivity index (χ3v) is 3.76. The van der Waals surface area contributed by atoms with Crippen LogP contribution in [-0.4, -0.2) is 28.8 Å². The van der Waals surface area contributed by atoms with E-state index in [1.807, 2.05) is 48.5 Å². The van der Waals surface area contributed by atoms with E-state index in [1.54, 1.807) is 12.1 Å². The van der Waals surface area contributed by atoms with Gasteiger partial charge in [0.05, 0.1) is 6.04 Å². The summed E-state index contributed by atoms with van der Waals surface area (Å²) in [6.45, 7) is 0.251. The van der Waals surface area contributed by atoms with E-state index >= 15 is 0 Å². The molecule has 0 aromatic heterocycles. The second-order valence-electron chi connectivity index (χ2n) is 5.64. The maximum atomic E-state index is 12.1. The molecule has 0 aliphatic carbocycles. The van der Waals surface area contributed by atoms with E-state index in [0.29, 0.717) is 12.0 Å². The first-order valence-electron chi connectivity index (χ1n) is 8.12. The lowest BCUT2D eigenvalue weighted by Gasteiger charge is -2.25. The number of aliphatic hydroxyl groups excluding tert-OH is 1. The Balaban J connectivity index is 2.05. The van der Waals surface area contributed by atoms with Crippen LogP contribution >= 0.6 is 0 Å². The molecule has 0 unspecified atom stereocenters. The van der Waals surface area contributed by atoms with E-state index in [-0.39, 0.29) is 13.0 Å². The summed E-state index contributed by atoms with van der Waals surface area (Å²) in [5.41, 5.74) is 1.47. The Morgan fingerprint density at radius 2 is 1.48 bits per heavy atom. The van der Waals surface area contributed by atoms with Gasteiger partial charge in [-0.05, 0) is 17.5 Å². The molecular weight excluding hydrogens is 320 g/mol. The lowest BCUT2D eigenvalue weighted by Crippen LogP contribution is -2.40. The van der Waals surface area contributed by atoms with Crippen LogP contribution in [0.25, 0.3) is 0 Å². The van der Waals surface area contributed by atoms with Crippen molar-refractivity contribution in [2.75, 3.05) is 6.54 Å². The second-order valence-corrected chi connectivity index (χ2v) is 5.64. The summed E-state index contributed by atoms with van der Waals surface area (Å²) >= 11 is 0. The first-order valence-corrected chi connectivity index (χ1v) is 8.12. The predicted molar refractivity (Wildman–Crippen MR) is 94.0 cm³/mol. The van der Waals surface area contributed by atoms with Crippen LogP contribution in [0.15, 0.2) is 60.7 Å². The van der Waals surface area contributed by atoms with Gasteiger partial charge in [-0.3, -0.25) is 4.79 Å². The van der Waals surface area contributed by atoms with Gasteiger partial charge in [0.15, 0.2) is 0 Å². The molecule has 25 heavy (non-hydrogen) atoms. The molecule has 0 aliphatic rings. The SMILES string of the molecule is O=C(O)CCCNC(=O)N[C@@H](c1ccccc1)[C@H](O)c1ccccc1. The topological polar surface area (TPSA) is 98.7 Å². The Labute approximate surface area is 146 Å². The fourth-order valence-corrected chi connectivity index (χ4v) is 2.48. The maximum absolute atomic E-state index is 12.1. The Hall–Kier alpha value is -2.86. The average molecular weight is 342 g/mol. The molecule has 6 heteroatoms. The first kappa shape index (κ1) is 18.5. The van der Waals surface area contributed by atoms with Crippen LogP contribution in [-0.2, 0) is 4.79 Å². The highest BCUT2D eigenvalue weighted by atomic mass is 16.4. The average Bonchev–Trinajstić information content (AvgIpc) is 2.64. The van der Waals surface area contributed by atoms with Crippen molar-refractivity contribution in [1.29, 1.82) is 0 Å². The van der Waals surface area contributed by atoms with Crippen LogP contribution in [0.2, 0.25) is 0 Å². The number of nitrogens with one attached hydrogen (secondary N) is 2. The summed E-state index contributed by atoms with van der Waals surface area (Å²) in [6, 6.07) is 17.2. The van der Waals surface area contributed by atoms with E-state index in [4.69, 9.17) is 5.11 Å². The van der Waals surface area contributed by atoms with Crippen LogP contribution in [0.3, 0.4) is 0 Å². The van der Waals surface area contributed by atoms with E-state index in [1.165, 1.54) is 0 Å². The molecule has 0 saturated heterocycles. The number of carboxylic acids is 1. The Kier molecular flexibility index (Phi) is 6.98. The normalized spacial score (nSPS) is 12.8. The molecule has 0 bridgehead atoms. The summed E-state index contributed by atoms with van der Waals surface area (Å²) in [5, 5.41) is 24.7. The summed E-state index contributed by atoms with van der Waals surface area (Å²) in [4.78, 5) is 22.6. The fourth-order valence-electron chi connectivity index (χ4n) is 2.48. The van der Waals surface area contributed by atoms with Gasteiger partial charge in [0.2, 0.25) is 0 Å². The number of amides is 2. The van der Waals surface area contributed by atoms with E-state index in [9.17, 15) is 14.7 Å². The van der Waals surface area contributed by atoms with E-state index in [0.717, 1.165) is 5.56 Å². The fraction of sp³-hybridized carbons (Fsp3) is 0.263. The van der Waals surface area contributed by atoms with Crippen molar-refractivity contribution in [1.82, 2.24) is 10.6 Å². The number of rotatable bonds is 8. The number of aliphatic carboxylic acids is 1. The van der Waals surface area contributed by atoms with Crippen LogP contribution in [0.1, 0.15) is 36.1 Å². The zero-order valence-corrected chi connectivity index (χ0v) is 13.8. The van der Waals surface area contributed by atoms with Gasteiger partial charge in [-0.15, -0.1) is 0 Å². The molecule has 132 valence electrons. The highest BCUT2D eigenvalue weighted by molar-refractivity contribution is 5.74. The highest BCUT2D eigenvalue weighted by Gasteiger charge is 2.24. The molecule has 2 aromatic rings. The van der Waals surface area contributed by atoms with Crippen LogP contribution in [0.5, 0.6) is 0 Å². The first-order chi connectivity index (χ1) is 12.1. The number of carboxylic acid groups (broad SMARTS) is 1. The molecule has 2 atom stereocenters. The van der Waals surface area contributed by atoms with Gasteiger partial charge >= 0.3 is 12.0 Å². The number of urea groups is 1. The van der Waals surface area contributed by atoms with Gasteiger partial charge in [-0.2, -0.15) is 0 Å². The number of aliphatic hydroxyl groups is 1. The van der Waals surface area contributed by atoms with Crippen molar-refractivity contribution in [3.8, 4) is 0 Å². The van der Waals surface area contributed by atoms with Crippen molar-refractivity contribution in [3.05, 3.63) is 71.8 Å². The van der Waals surface area contributed by atoms with Crippen molar-refractivity contribution in [2.45, 2.75) is 25.0 Å². The zero-order valence-electron chi connectivity index (χ0n) is 13.8. The number of benzene rings is 2. The molecular formula is C19H22N2O4. The maximum Gasteiger partial charge on any atom is 0.315 e. The molecule has 2 aromatic carbocycles. The minimum absolute atomic E-state index is 0.00493. The Morgan fingerprint density at radius 3 is 2.04 bits per heavy atom. The van der Waals surface area contributed by atoms with Crippen LogP contribution in [0, 0.1) is 0 Å². The van der Waals surface area contributed by atoms with Crippen molar-refractivity contribution in [2.24, 2.45) is 0 Å². The van der Waals surface area contributed by atoms with E-state index in [2.05, 4.69) is 10.6 Å². The molecule has 0 spiro atoms. The Bertz CT molecular complexity index is 676. The second kappa shape index (κ2) is 9.44. The predicted octanol–water partition coefficient (Wildman–Crippen LogP) is 2.63. The summed E-state index contributed by atoms with van der Waals surface area (Å²) in [7, 11) is 0. The number of hydrogen-bond acceptors (Lipinski definition) is 3. The summed E-state index contributed by atoms with van der Waals surface area (Å²) in [5.74, 6) is -0.899. The number of hydrogen-bond donors (Lipinski definition) is 4. The third-order valence-electron chi connectivity index (χ3n) is 3.76. The third kappa shape index (κ3) is 5.93. The van der Waals surface area contributed by atoms with E-state index < -0.39 is 24.1 Å². The molecule has 6 nitrogen and oxygen atoms in total. The van der Waals surface area contributed by atoms with Gasteiger partial charge in [-0.1, -0.05) is 60.7 Å². The molecule has 0 heterocycles. The largest absolute Gasteiger partial charge is 0.481 e. The summed E-state index contributed by atoms with van der Waals surface area (Å²) < 4.78 is 0. The lowest BCUT2D eigenvalue weighted by molar-refractivity contribution is -0.137. The molecule has 2 amide bonds. The lowest BCUT2D eigenvalue weighted by atomic mass is 9.96. The minimum Gasteiger partial charge on any atom is -0.481 e. The Morgan fingerprint density at radius 1 is 0.920 bits per heavy atom. The highest BCUT2D eigenvalue weighted by Crippen LogP contribution is 2.28. The summed E-state index contributed by atoms with van der Waals surface area (Å²) in [6.07, 6.45) is -0.567. The molecule has 2 rings (SSSR count). The van der Waals surface area contributed by atoms with Crippen molar-refractivity contribution >= 4 is 12.0 Å². The van der Waals surface area contributed by atoms with Gasteiger partial charge in [-0.25, -0.2) is 4.79 Å².